The van der Waals surface area contributed by atoms with Crippen LogP contribution in [0.5, 0.6) is 0 Å². The number of carbonyl (C=O) groups excluding carboxylic acids is 1. The molecule has 29 heavy (non-hydrogen) atoms. The van der Waals surface area contributed by atoms with Gasteiger partial charge in [0.2, 0.25) is 5.91 Å². The van der Waals surface area contributed by atoms with Crippen LogP contribution in [0.3, 0.4) is 0 Å². The van der Waals surface area contributed by atoms with E-state index in [2.05, 4.69) is 39.3 Å². The van der Waals surface area contributed by atoms with Crippen LogP contribution in [0, 0.1) is 6.92 Å². The first-order valence-electron chi connectivity index (χ1n) is 9.57. The summed E-state index contributed by atoms with van der Waals surface area (Å²) in [6.07, 6.45) is -0.624. The number of fused-ring (bicyclic) bond motifs is 3. The maximum absolute atomic E-state index is 12.2. The predicted molar refractivity (Wildman–Crippen MR) is 113 cm³/mol. The monoisotopic (exact) mass is 392 g/mol. The SMILES string of the molecule is Cc1cc(NC(=O)CN(C)C[C@H](O)Cn2c3ccccc3c3ccccc32)no1. The second kappa shape index (κ2) is 8.06. The molecule has 0 radical (unpaired) electrons. The van der Waals surface area contributed by atoms with Gasteiger partial charge in [0.25, 0.3) is 0 Å². The van der Waals surface area contributed by atoms with Gasteiger partial charge in [0, 0.05) is 34.4 Å². The average molecular weight is 392 g/mol. The third-order valence-corrected chi connectivity index (χ3v) is 4.90. The lowest BCUT2D eigenvalue weighted by atomic mass is 10.2. The van der Waals surface area contributed by atoms with Crippen LogP contribution in [0.2, 0.25) is 0 Å². The van der Waals surface area contributed by atoms with Gasteiger partial charge in [0.05, 0.1) is 19.2 Å². The van der Waals surface area contributed by atoms with E-state index in [4.69, 9.17) is 4.52 Å². The number of nitrogens with zero attached hydrogens (tertiary/aromatic N) is 3. The summed E-state index contributed by atoms with van der Waals surface area (Å²) >= 11 is 0. The second-order valence-corrected chi connectivity index (χ2v) is 7.37. The molecule has 2 heterocycles. The molecule has 0 aliphatic carbocycles. The first kappa shape index (κ1) is 19.2. The molecule has 150 valence electrons. The molecule has 2 aromatic heterocycles. The Kier molecular flexibility index (Phi) is 5.33. The van der Waals surface area contributed by atoms with Crippen LogP contribution in [-0.2, 0) is 11.3 Å². The van der Waals surface area contributed by atoms with Crippen LogP contribution in [0.4, 0.5) is 5.82 Å². The summed E-state index contributed by atoms with van der Waals surface area (Å²) in [6, 6.07) is 18.1. The Balaban J connectivity index is 1.42. The molecule has 0 spiro atoms. The van der Waals surface area contributed by atoms with E-state index in [-0.39, 0.29) is 12.5 Å². The van der Waals surface area contributed by atoms with E-state index in [1.165, 1.54) is 10.8 Å². The molecule has 1 atom stereocenters. The fourth-order valence-corrected chi connectivity index (χ4v) is 3.75. The fourth-order valence-electron chi connectivity index (χ4n) is 3.75. The molecule has 7 nitrogen and oxygen atoms in total. The number of aliphatic hydroxyl groups is 1. The maximum Gasteiger partial charge on any atom is 0.239 e. The molecule has 0 unspecified atom stereocenters. The molecule has 0 bridgehead atoms. The van der Waals surface area contributed by atoms with Crippen molar-refractivity contribution in [3.05, 3.63) is 60.4 Å². The van der Waals surface area contributed by atoms with Crippen molar-refractivity contribution in [3.8, 4) is 0 Å². The zero-order valence-corrected chi connectivity index (χ0v) is 16.5. The van der Waals surface area contributed by atoms with Gasteiger partial charge >= 0.3 is 0 Å². The number of hydrogen-bond donors (Lipinski definition) is 2. The van der Waals surface area contributed by atoms with Crippen molar-refractivity contribution >= 4 is 33.5 Å². The van der Waals surface area contributed by atoms with Gasteiger partial charge in [0.15, 0.2) is 5.82 Å². The van der Waals surface area contributed by atoms with Crippen molar-refractivity contribution in [2.24, 2.45) is 0 Å². The Morgan fingerprint density at radius 1 is 1.17 bits per heavy atom. The van der Waals surface area contributed by atoms with Crippen molar-refractivity contribution in [3.63, 3.8) is 0 Å². The van der Waals surface area contributed by atoms with Crippen LogP contribution >= 0.6 is 0 Å². The van der Waals surface area contributed by atoms with Crippen LogP contribution in [-0.4, -0.2) is 51.9 Å². The van der Waals surface area contributed by atoms with Crippen LogP contribution < -0.4 is 5.32 Å². The fraction of sp³-hybridized carbons (Fsp3) is 0.273. The van der Waals surface area contributed by atoms with Gasteiger partial charge in [-0.2, -0.15) is 0 Å². The molecular formula is C22H24N4O3. The molecule has 0 saturated heterocycles. The van der Waals surface area contributed by atoms with Gasteiger partial charge in [-0.3, -0.25) is 9.69 Å². The lowest BCUT2D eigenvalue weighted by Gasteiger charge is -2.21. The summed E-state index contributed by atoms with van der Waals surface area (Å²) in [6.45, 7) is 2.73. The number of rotatable bonds is 7. The third kappa shape index (κ3) is 4.16. The normalized spacial score (nSPS) is 12.7. The highest BCUT2D eigenvalue weighted by Crippen LogP contribution is 2.28. The van der Waals surface area contributed by atoms with E-state index in [1.807, 2.05) is 31.3 Å². The Morgan fingerprint density at radius 2 is 1.79 bits per heavy atom. The Bertz CT molecular complexity index is 1090. The van der Waals surface area contributed by atoms with Crippen LogP contribution in [0.1, 0.15) is 5.76 Å². The molecule has 4 aromatic rings. The van der Waals surface area contributed by atoms with Gasteiger partial charge in [-0.25, -0.2) is 0 Å². The van der Waals surface area contributed by atoms with E-state index < -0.39 is 6.10 Å². The summed E-state index contributed by atoms with van der Waals surface area (Å²) in [5, 5.41) is 19.5. The van der Waals surface area contributed by atoms with Crippen molar-refractivity contribution in [1.29, 1.82) is 0 Å². The highest BCUT2D eigenvalue weighted by atomic mass is 16.5. The number of aliphatic hydroxyl groups excluding tert-OH is 1. The van der Waals surface area contributed by atoms with E-state index in [0.717, 1.165) is 11.0 Å². The molecule has 0 aliphatic rings. The number of aromatic nitrogens is 2. The van der Waals surface area contributed by atoms with Gasteiger partial charge in [-0.05, 0) is 26.1 Å². The lowest BCUT2D eigenvalue weighted by Crippen LogP contribution is -2.37. The summed E-state index contributed by atoms with van der Waals surface area (Å²) < 4.78 is 7.08. The first-order valence-corrected chi connectivity index (χ1v) is 9.57. The molecule has 0 fully saturated rings. The number of carbonyl (C=O) groups is 1. The van der Waals surface area contributed by atoms with Crippen LogP contribution in [0.15, 0.2) is 59.1 Å². The summed E-state index contributed by atoms with van der Waals surface area (Å²) in [4.78, 5) is 14.0. The minimum absolute atomic E-state index is 0.149. The average Bonchev–Trinajstić information content (AvgIpc) is 3.23. The minimum atomic E-state index is -0.624. The first-order chi connectivity index (χ1) is 14.0. The van der Waals surface area contributed by atoms with Gasteiger partial charge in [-0.15, -0.1) is 0 Å². The Morgan fingerprint density at radius 3 is 2.38 bits per heavy atom. The standard InChI is InChI=1S/C22H24N4O3/c1-15-11-21(24-29-15)23-22(28)14-25(2)12-16(27)13-26-19-9-5-3-7-17(19)18-8-4-6-10-20(18)26/h3-11,16,27H,12-14H2,1-2H3,(H,23,24,28)/t16-/m0/s1. The molecule has 4 rings (SSSR count). The van der Waals surface area contributed by atoms with Crippen molar-refractivity contribution in [2.45, 2.75) is 19.6 Å². The third-order valence-electron chi connectivity index (χ3n) is 4.90. The Labute approximate surface area is 168 Å². The maximum atomic E-state index is 12.2. The molecular weight excluding hydrogens is 368 g/mol. The molecule has 0 aliphatic heterocycles. The number of aryl methyl sites for hydroxylation is 1. The largest absolute Gasteiger partial charge is 0.390 e. The molecule has 2 aromatic carbocycles. The quantitative estimate of drug-likeness (QED) is 0.505. The zero-order chi connectivity index (χ0) is 20.4. The number of benzene rings is 2. The summed E-state index contributed by atoms with van der Waals surface area (Å²) in [7, 11) is 1.81. The number of likely N-dealkylation sites (N-methyl/N-ethyl adjacent to an activating group) is 1. The van der Waals surface area contributed by atoms with E-state index in [0.29, 0.717) is 24.7 Å². The van der Waals surface area contributed by atoms with Gasteiger partial charge in [-0.1, -0.05) is 41.6 Å². The lowest BCUT2D eigenvalue weighted by molar-refractivity contribution is -0.117. The topological polar surface area (TPSA) is 83.5 Å². The molecule has 1 amide bonds. The molecule has 7 heteroatoms. The number of hydrogen-bond acceptors (Lipinski definition) is 5. The molecule has 0 saturated carbocycles. The van der Waals surface area contributed by atoms with Crippen molar-refractivity contribution in [2.75, 3.05) is 25.5 Å². The number of anilines is 1. The van der Waals surface area contributed by atoms with Crippen molar-refractivity contribution < 1.29 is 14.4 Å². The highest BCUT2D eigenvalue weighted by Gasteiger charge is 2.16. The van der Waals surface area contributed by atoms with Gasteiger partial charge < -0.3 is 19.5 Å². The molecule has 2 N–H and O–H groups in total. The minimum Gasteiger partial charge on any atom is -0.390 e. The number of amides is 1. The number of para-hydroxylation sites is 2. The number of nitrogens with one attached hydrogen (secondary N) is 1. The van der Waals surface area contributed by atoms with Crippen LogP contribution in [0.25, 0.3) is 21.8 Å². The zero-order valence-electron chi connectivity index (χ0n) is 16.5. The van der Waals surface area contributed by atoms with E-state index in [9.17, 15) is 9.90 Å². The van der Waals surface area contributed by atoms with E-state index in [1.54, 1.807) is 17.9 Å². The predicted octanol–water partition coefficient (Wildman–Crippen LogP) is 3.02. The summed E-state index contributed by atoms with van der Waals surface area (Å²) in [5.41, 5.74) is 2.18. The van der Waals surface area contributed by atoms with Gasteiger partial charge in [0.1, 0.15) is 5.76 Å². The summed E-state index contributed by atoms with van der Waals surface area (Å²) in [5.74, 6) is 0.826. The highest BCUT2D eigenvalue weighted by molar-refractivity contribution is 6.07. The van der Waals surface area contributed by atoms with E-state index >= 15 is 0 Å². The second-order valence-electron chi connectivity index (χ2n) is 7.37. The Hall–Kier alpha value is -3.16. The van der Waals surface area contributed by atoms with Crippen molar-refractivity contribution in [1.82, 2.24) is 14.6 Å². The smallest absolute Gasteiger partial charge is 0.239 e.